The number of hydrogen-bond acceptors (Lipinski definition) is 8. The van der Waals surface area contributed by atoms with Gasteiger partial charge in [-0.25, -0.2) is 20.0 Å². The molecule has 0 spiro atoms. The van der Waals surface area contributed by atoms with Gasteiger partial charge in [0.05, 0.1) is 41.9 Å². The fourth-order valence-corrected chi connectivity index (χ4v) is 5.39. The van der Waals surface area contributed by atoms with Gasteiger partial charge in [-0.05, 0) is 44.2 Å². The van der Waals surface area contributed by atoms with E-state index in [1.54, 1.807) is 40.2 Å². The molecule has 1 aliphatic heterocycles. The fraction of sp³-hybridized carbons (Fsp3) is 0.462. The van der Waals surface area contributed by atoms with Crippen molar-refractivity contribution in [2.24, 2.45) is 0 Å². The van der Waals surface area contributed by atoms with Crippen LogP contribution in [-0.2, 0) is 0 Å². The Morgan fingerprint density at radius 3 is 2.67 bits per heavy atom. The number of anilines is 1. The number of amides is 2. The van der Waals surface area contributed by atoms with Crippen molar-refractivity contribution in [1.29, 1.82) is 0 Å². The van der Waals surface area contributed by atoms with Crippen LogP contribution in [0.2, 0.25) is 0 Å². The maximum Gasteiger partial charge on any atom is 0.274 e. The second-order valence-corrected chi connectivity index (χ2v) is 10.5. The largest absolute Gasteiger partial charge is 0.348 e. The molecule has 5 heterocycles. The Morgan fingerprint density at radius 1 is 1.00 bits per heavy atom. The van der Waals surface area contributed by atoms with Crippen molar-refractivity contribution in [1.82, 2.24) is 45.0 Å². The second kappa shape index (κ2) is 9.80. The summed E-state index contributed by atoms with van der Waals surface area (Å²) in [4.78, 5) is 32.9. The number of fused-ring (bicyclic) bond motifs is 1. The number of hydrazine groups is 1. The van der Waals surface area contributed by atoms with E-state index < -0.39 is 5.91 Å². The number of aromatic nitrogens is 7. The number of carbonyl (C=O) groups excluding carboxylic acids is 2. The van der Waals surface area contributed by atoms with Crippen molar-refractivity contribution in [3.8, 4) is 11.3 Å². The van der Waals surface area contributed by atoms with Gasteiger partial charge in [-0.15, -0.1) is 0 Å². The Balaban J connectivity index is 1.18. The second-order valence-electron chi connectivity index (χ2n) is 10.5. The first-order valence-electron chi connectivity index (χ1n) is 13.8. The lowest BCUT2D eigenvalue weighted by Crippen LogP contribution is -2.41. The molecule has 13 nitrogen and oxygen atoms in total. The highest BCUT2D eigenvalue weighted by molar-refractivity contribution is 6.07. The van der Waals surface area contributed by atoms with Crippen LogP contribution in [0.4, 0.5) is 5.69 Å². The quantitative estimate of drug-likeness (QED) is 0.331. The third-order valence-electron chi connectivity index (χ3n) is 7.63. The first-order valence-corrected chi connectivity index (χ1v) is 13.8. The van der Waals surface area contributed by atoms with Crippen LogP contribution in [0.15, 0.2) is 36.9 Å². The molecule has 3 fully saturated rings. The van der Waals surface area contributed by atoms with Crippen molar-refractivity contribution in [2.45, 2.75) is 63.5 Å². The summed E-state index contributed by atoms with van der Waals surface area (Å²) in [5, 5.41) is 21.4. The maximum absolute atomic E-state index is 13.4. The molecule has 0 unspecified atom stereocenters. The van der Waals surface area contributed by atoms with E-state index >= 15 is 0 Å². The van der Waals surface area contributed by atoms with Crippen molar-refractivity contribution < 1.29 is 9.59 Å². The van der Waals surface area contributed by atoms with Crippen LogP contribution < -0.4 is 21.2 Å². The molecule has 0 radical (unpaired) electrons. The Kier molecular flexibility index (Phi) is 5.99. The zero-order chi connectivity index (χ0) is 26.3. The van der Waals surface area contributed by atoms with Crippen molar-refractivity contribution >= 4 is 23.1 Å². The molecule has 0 bridgehead atoms. The number of hydrogen-bond donors (Lipinski definition) is 3. The van der Waals surface area contributed by atoms with E-state index in [9.17, 15) is 9.59 Å². The summed E-state index contributed by atoms with van der Waals surface area (Å²) in [6, 6.07) is 3.94. The van der Waals surface area contributed by atoms with Gasteiger partial charge in [0.2, 0.25) is 0 Å². The molecule has 0 atom stereocenters. The lowest BCUT2D eigenvalue weighted by Gasteiger charge is -2.21. The minimum absolute atomic E-state index is 0.189. The Labute approximate surface area is 224 Å². The molecule has 2 aliphatic carbocycles. The molecule has 3 N–H and O–H groups in total. The van der Waals surface area contributed by atoms with E-state index in [-0.39, 0.29) is 29.4 Å². The minimum Gasteiger partial charge on any atom is -0.348 e. The summed E-state index contributed by atoms with van der Waals surface area (Å²) in [7, 11) is 0. The van der Waals surface area contributed by atoms with Crippen molar-refractivity contribution in [3.05, 3.63) is 48.3 Å². The molecule has 0 aromatic carbocycles. The van der Waals surface area contributed by atoms with Crippen LogP contribution in [0.25, 0.3) is 16.9 Å². The van der Waals surface area contributed by atoms with Crippen molar-refractivity contribution in [2.75, 3.05) is 23.5 Å². The first kappa shape index (κ1) is 23.8. The lowest BCUT2D eigenvalue weighted by atomic mass is 9.96. The predicted octanol–water partition coefficient (Wildman–Crippen LogP) is 2.29. The molecule has 39 heavy (non-hydrogen) atoms. The van der Waals surface area contributed by atoms with Gasteiger partial charge >= 0.3 is 0 Å². The standard InChI is InChI=1S/C26H31N11O2/c38-25(32-21-16-35(18-5-2-1-3-6-18)33-23(21)26(39)30-17-7-8-17)20-10-14-34-24(31-20)19(15-29-34)22-9-12-28-37(22)36-13-4-11-27-36/h9-10,12,14-18,27H,1-8,11,13H2,(H,30,39)(H,32,38). The van der Waals surface area contributed by atoms with Crippen LogP contribution in [0.3, 0.4) is 0 Å². The summed E-state index contributed by atoms with van der Waals surface area (Å²) in [5.74, 6) is -0.671. The topological polar surface area (TPSA) is 139 Å². The fourth-order valence-electron chi connectivity index (χ4n) is 5.39. The van der Waals surface area contributed by atoms with Crippen LogP contribution in [0.5, 0.6) is 0 Å². The molecule has 3 aliphatic rings. The molecular formula is C26H31N11O2. The maximum atomic E-state index is 13.4. The van der Waals surface area contributed by atoms with E-state index in [1.807, 2.05) is 15.9 Å². The zero-order valence-corrected chi connectivity index (χ0v) is 21.6. The van der Waals surface area contributed by atoms with Gasteiger partial charge in [0.1, 0.15) is 5.69 Å². The van der Waals surface area contributed by atoms with Gasteiger partial charge in [0.15, 0.2) is 11.3 Å². The Hall–Kier alpha value is -4.26. The van der Waals surface area contributed by atoms with Gasteiger partial charge in [0.25, 0.3) is 11.8 Å². The summed E-state index contributed by atoms with van der Waals surface area (Å²) in [6.07, 6.45) is 15.5. The Bertz CT molecular complexity index is 1520. The number of nitrogens with zero attached hydrogens (tertiary/aromatic N) is 8. The highest BCUT2D eigenvalue weighted by Crippen LogP contribution is 2.30. The highest BCUT2D eigenvalue weighted by atomic mass is 16.2. The van der Waals surface area contributed by atoms with E-state index in [4.69, 9.17) is 0 Å². The third kappa shape index (κ3) is 4.62. The molecule has 4 aromatic rings. The molecule has 202 valence electrons. The lowest BCUT2D eigenvalue weighted by molar-refractivity contribution is 0.0945. The van der Waals surface area contributed by atoms with E-state index in [1.165, 1.54) is 6.42 Å². The molecular weight excluding hydrogens is 498 g/mol. The number of nitrogens with one attached hydrogen (secondary N) is 3. The number of carbonyl (C=O) groups is 2. The predicted molar refractivity (Wildman–Crippen MR) is 143 cm³/mol. The monoisotopic (exact) mass is 529 g/mol. The van der Waals surface area contributed by atoms with Crippen LogP contribution in [0, 0.1) is 0 Å². The highest BCUT2D eigenvalue weighted by Gasteiger charge is 2.29. The third-order valence-corrected chi connectivity index (χ3v) is 7.63. The van der Waals surface area contributed by atoms with E-state index in [2.05, 4.69) is 36.3 Å². The van der Waals surface area contributed by atoms with Gasteiger partial charge in [-0.1, -0.05) is 19.3 Å². The van der Waals surface area contributed by atoms with E-state index in [0.29, 0.717) is 11.3 Å². The molecule has 2 amide bonds. The van der Waals surface area contributed by atoms with Crippen molar-refractivity contribution in [3.63, 3.8) is 0 Å². The van der Waals surface area contributed by atoms with Gasteiger partial charge in [0, 0.05) is 25.0 Å². The Morgan fingerprint density at radius 2 is 1.87 bits per heavy atom. The van der Waals surface area contributed by atoms with Gasteiger partial charge < -0.3 is 10.6 Å². The van der Waals surface area contributed by atoms with Gasteiger partial charge in [-0.3, -0.25) is 14.3 Å². The molecule has 4 aromatic heterocycles. The molecule has 7 rings (SSSR count). The normalized spacial score (nSPS) is 18.1. The smallest absolute Gasteiger partial charge is 0.274 e. The van der Waals surface area contributed by atoms with Crippen LogP contribution in [-0.4, -0.2) is 65.2 Å². The van der Waals surface area contributed by atoms with Gasteiger partial charge in [-0.2, -0.15) is 20.1 Å². The summed E-state index contributed by atoms with van der Waals surface area (Å²) in [5.41, 5.74) is 6.27. The number of rotatable bonds is 7. The zero-order valence-electron chi connectivity index (χ0n) is 21.6. The average Bonchev–Trinajstić information content (AvgIpc) is 3.43. The molecule has 2 saturated carbocycles. The SMILES string of the molecule is O=C(Nc1cn(C2CCCCC2)nc1C(=O)NC1CC1)c1ccn2ncc(-c3ccnn3N3CCCN3)c2n1. The minimum atomic E-state index is -0.414. The summed E-state index contributed by atoms with van der Waals surface area (Å²) < 4.78 is 3.49. The summed E-state index contributed by atoms with van der Waals surface area (Å²) in [6.45, 7) is 1.72. The summed E-state index contributed by atoms with van der Waals surface area (Å²) >= 11 is 0. The molecule has 13 heteroatoms. The first-order chi connectivity index (χ1) is 19.1. The molecule has 1 saturated heterocycles. The van der Waals surface area contributed by atoms with E-state index in [0.717, 1.165) is 69.3 Å². The van der Waals surface area contributed by atoms with Crippen LogP contribution >= 0.6 is 0 Å². The average molecular weight is 530 g/mol. The van der Waals surface area contributed by atoms with Crippen LogP contribution in [0.1, 0.15) is 78.4 Å².